The van der Waals surface area contributed by atoms with Crippen molar-refractivity contribution in [1.82, 2.24) is 19.6 Å². The normalized spacial score (nSPS) is 19.4. The smallest absolute Gasteiger partial charge is 0.240 e. The molecular weight excluding hydrogens is 388 g/mol. The Morgan fingerprint density at radius 1 is 1.24 bits per heavy atom. The lowest BCUT2D eigenvalue weighted by atomic mass is 10.1. The van der Waals surface area contributed by atoms with Crippen molar-refractivity contribution in [3.8, 4) is 0 Å². The number of nitrogens with zero attached hydrogens (tertiary/aromatic N) is 2. The summed E-state index contributed by atoms with van der Waals surface area (Å²) in [6.07, 6.45) is 9.54. The molecule has 156 valence electrons. The summed E-state index contributed by atoms with van der Waals surface area (Å²) in [6.45, 7) is 2.49. The number of hydrogen-bond acceptors (Lipinski definition) is 4. The topological polar surface area (TPSA) is 93.1 Å². The largest absolute Gasteiger partial charge is 0.349 e. The second-order valence-electron chi connectivity index (χ2n) is 8.04. The van der Waals surface area contributed by atoms with Crippen molar-refractivity contribution in [3.63, 3.8) is 0 Å². The van der Waals surface area contributed by atoms with Gasteiger partial charge >= 0.3 is 0 Å². The molecule has 2 aliphatic carbocycles. The monoisotopic (exact) mass is 416 g/mol. The molecule has 0 spiro atoms. The van der Waals surface area contributed by atoms with Gasteiger partial charge in [0.05, 0.1) is 10.9 Å². The van der Waals surface area contributed by atoms with E-state index in [1.807, 2.05) is 23.8 Å². The van der Waals surface area contributed by atoms with Gasteiger partial charge in [-0.1, -0.05) is 18.9 Å². The molecule has 1 unspecified atom stereocenters. The van der Waals surface area contributed by atoms with Crippen molar-refractivity contribution in [2.24, 2.45) is 0 Å². The predicted molar refractivity (Wildman–Crippen MR) is 110 cm³/mol. The second-order valence-corrected chi connectivity index (χ2v) is 9.75. The molecule has 1 fully saturated rings. The standard InChI is InChI=1S/C21H28N4O3S/c1-15-22-11-13-25(15)12-10-21(26)23-20-9-7-16-6-8-18(14-19(16)20)29(27,28)24-17-4-2-3-5-17/h6,8,11,13-14,17,20,24H,2-5,7,9-10,12H2,1H3,(H,23,26). The first-order valence-electron chi connectivity index (χ1n) is 10.3. The highest BCUT2D eigenvalue weighted by molar-refractivity contribution is 7.89. The van der Waals surface area contributed by atoms with E-state index in [0.717, 1.165) is 55.5 Å². The van der Waals surface area contributed by atoms with Crippen LogP contribution in [0.25, 0.3) is 0 Å². The van der Waals surface area contributed by atoms with Crippen LogP contribution in [0.3, 0.4) is 0 Å². The highest BCUT2D eigenvalue weighted by Crippen LogP contribution is 2.33. The number of benzene rings is 1. The molecule has 7 nitrogen and oxygen atoms in total. The van der Waals surface area contributed by atoms with Crippen molar-refractivity contribution in [3.05, 3.63) is 47.5 Å². The van der Waals surface area contributed by atoms with Gasteiger partial charge in [0.15, 0.2) is 0 Å². The Balaban J connectivity index is 1.42. The van der Waals surface area contributed by atoms with E-state index in [9.17, 15) is 13.2 Å². The Hall–Kier alpha value is -2.19. The fourth-order valence-corrected chi connectivity index (χ4v) is 5.70. The molecule has 1 heterocycles. The van der Waals surface area contributed by atoms with E-state index in [1.54, 1.807) is 18.3 Å². The fourth-order valence-electron chi connectivity index (χ4n) is 4.36. The summed E-state index contributed by atoms with van der Waals surface area (Å²) in [7, 11) is -3.53. The summed E-state index contributed by atoms with van der Waals surface area (Å²) >= 11 is 0. The van der Waals surface area contributed by atoms with Crippen LogP contribution in [-0.2, 0) is 27.8 Å². The van der Waals surface area contributed by atoms with Crippen molar-refractivity contribution in [1.29, 1.82) is 0 Å². The molecule has 1 aromatic carbocycles. The van der Waals surface area contributed by atoms with Crippen LogP contribution in [0, 0.1) is 6.92 Å². The van der Waals surface area contributed by atoms with E-state index in [0.29, 0.717) is 17.9 Å². The highest BCUT2D eigenvalue weighted by Gasteiger charge is 2.28. The summed E-state index contributed by atoms with van der Waals surface area (Å²) in [5, 5.41) is 3.08. The molecule has 1 amide bonds. The zero-order valence-electron chi connectivity index (χ0n) is 16.7. The molecule has 1 saturated carbocycles. The number of nitrogens with one attached hydrogen (secondary N) is 2. The molecule has 29 heavy (non-hydrogen) atoms. The van der Waals surface area contributed by atoms with Crippen molar-refractivity contribution in [2.75, 3.05) is 0 Å². The van der Waals surface area contributed by atoms with Crippen LogP contribution >= 0.6 is 0 Å². The van der Waals surface area contributed by atoms with Gasteiger partial charge < -0.3 is 9.88 Å². The average molecular weight is 417 g/mol. The van der Waals surface area contributed by atoms with Gasteiger partial charge in [-0.25, -0.2) is 18.1 Å². The molecule has 0 saturated heterocycles. The molecule has 2 aromatic rings. The van der Waals surface area contributed by atoms with Crippen LogP contribution in [0.2, 0.25) is 0 Å². The zero-order valence-corrected chi connectivity index (χ0v) is 17.5. The van der Waals surface area contributed by atoms with Gasteiger partial charge in [-0.15, -0.1) is 0 Å². The predicted octanol–water partition coefficient (Wildman–Crippen LogP) is 2.61. The molecule has 2 N–H and O–H groups in total. The Bertz CT molecular complexity index is 993. The highest BCUT2D eigenvalue weighted by atomic mass is 32.2. The maximum atomic E-state index is 12.8. The molecule has 1 atom stereocenters. The van der Waals surface area contributed by atoms with Crippen LogP contribution in [0.1, 0.15) is 61.5 Å². The lowest BCUT2D eigenvalue weighted by Crippen LogP contribution is -2.33. The summed E-state index contributed by atoms with van der Waals surface area (Å²) in [5.74, 6) is 0.849. The fraction of sp³-hybridized carbons (Fsp3) is 0.524. The Labute approximate surface area is 172 Å². The van der Waals surface area contributed by atoms with Crippen molar-refractivity contribution in [2.45, 2.75) is 75.4 Å². The van der Waals surface area contributed by atoms with E-state index in [1.165, 1.54) is 0 Å². The van der Waals surface area contributed by atoms with E-state index in [-0.39, 0.29) is 18.0 Å². The summed E-state index contributed by atoms with van der Waals surface area (Å²) < 4.78 is 30.3. The van der Waals surface area contributed by atoms with Crippen LogP contribution in [0.4, 0.5) is 0 Å². The first-order valence-corrected chi connectivity index (χ1v) is 11.8. The van der Waals surface area contributed by atoms with E-state index in [2.05, 4.69) is 15.0 Å². The molecule has 0 radical (unpaired) electrons. The van der Waals surface area contributed by atoms with Crippen LogP contribution in [0.5, 0.6) is 0 Å². The summed E-state index contributed by atoms with van der Waals surface area (Å²) in [6, 6.07) is 5.21. The molecule has 2 aliphatic rings. The minimum Gasteiger partial charge on any atom is -0.349 e. The molecule has 0 bridgehead atoms. The number of amides is 1. The van der Waals surface area contributed by atoms with Crippen LogP contribution in [-0.4, -0.2) is 29.9 Å². The number of carbonyl (C=O) groups is 1. The lowest BCUT2D eigenvalue weighted by molar-refractivity contribution is -0.122. The number of hydrogen-bond donors (Lipinski definition) is 2. The summed E-state index contributed by atoms with van der Waals surface area (Å²) in [4.78, 5) is 16.9. The minimum absolute atomic E-state index is 0.0340. The number of carbonyl (C=O) groups excluding carboxylic acids is 1. The van der Waals surface area contributed by atoms with E-state index >= 15 is 0 Å². The number of sulfonamides is 1. The Morgan fingerprint density at radius 2 is 2.03 bits per heavy atom. The average Bonchev–Trinajstić information content (AvgIpc) is 3.42. The maximum Gasteiger partial charge on any atom is 0.240 e. The molecule has 8 heteroatoms. The quantitative estimate of drug-likeness (QED) is 0.726. The van der Waals surface area contributed by atoms with Gasteiger partial charge in [0, 0.05) is 31.4 Å². The van der Waals surface area contributed by atoms with Crippen molar-refractivity contribution >= 4 is 15.9 Å². The zero-order chi connectivity index (χ0) is 20.4. The second kappa shape index (κ2) is 8.28. The van der Waals surface area contributed by atoms with Crippen molar-refractivity contribution < 1.29 is 13.2 Å². The van der Waals surface area contributed by atoms with Gasteiger partial charge in [-0.2, -0.15) is 0 Å². The summed E-state index contributed by atoms with van der Waals surface area (Å²) in [5.41, 5.74) is 2.03. The van der Waals surface area contributed by atoms with Gasteiger partial charge in [0.2, 0.25) is 15.9 Å². The number of aromatic nitrogens is 2. The van der Waals surface area contributed by atoms with Crippen LogP contribution in [0.15, 0.2) is 35.5 Å². The third-order valence-electron chi connectivity index (χ3n) is 6.02. The van der Waals surface area contributed by atoms with E-state index in [4.69, 9.17) is 0 Å². The lowest BCUT2D eigenvalue weighted by Gasteiger charge is -2.17. The number of imidazole rings is 1. The van der Waals surface area contributed by atoms with E-state index < -0.39 is 10.0 Å². The molecule has 0 aliphatic heterocycles. The third-order valence-corrected chi connectivity index (χ3v) is 7.54. The maximum absolute atomic E-state index is 12.8. The molecular formula is C21H28N4O3S. The minimum atomic E-state index is -3.53. The SMILES string of the molecule is Cc1nccn1CCC(=O)NC1CCc2ccc(S(=O)(=O)NC3CCCC3)cc21. The first kappa shape index (κ1) is 20.1. The molecule has 1 aromatic heterocycles. The van der Waals surface area contributed by atoms with Crippen LogP contribution < -0.4 is 10.0 Å². The number of aryl methyl sites for hydroxylation is 3. The number of rotatable bonds is 7. The molecule has 4 rings (SSSR count). The van der Waals surface area contributed by atoms with Gasteiger partial charge in [-0.3, -0.25) is 4.79 Å². The van der Waals surface area contributed by atoms with Gasteiger partial charge in [0.1, 0.15) is 5.82 Å². The Morgan fingerprint density at radius 3 is 2.76 bits per heavy atom. The third kappa shape index (κ3) is 4.53. The number of fused-ring (bicyclic) bond motifs is 1. The van der Waals surface area contributed by atoms with Gasteiger partial charge in [0.25, 0.3) is 0 Å². The first-order chi connectivity index (χ1) is 13.9. The Kier molecular flexibility index (Phi) is 5.74. The van der Waals surface area contributed by atoms with Gasteiger partial charge in [-0.05, 0) is 55.9 Å².